The van der Waals surface area contributed by atoms with Crippen LogP contribution in [-0.2, 0) is 17.5 Å². The van der Waals surface area contributed by atoms with E-state index >= 15 is 0 Å². The lowest BCUT2D eigenvalue weighted by Crippen LogP contribution is -2.42. The number of carbonyl (C=O) groups excluding carboxylic acids is 1. The molecule has 1 aliphatic rings. The molecule has 5 nitrogen and oxygen atoms in total. The zero-order valence-electron chi connectivity index (χ0n) is 15.9. The largest absolute Gasteiger partial charge is 0.493 e. The van der Waals surface area contributed by atoms with Gasteiger partial charge in [0, 0.05) is 25.2 Å². The minimum absolute atomic E-state index is 0.0314. The predicted octanol–water partition coefficient (Wildman–Crippen LogP) is 4.19. The Balaban J connectivity index is 1.87. The number of alkyl halides is 3. The second kappa shape index (κ2) is 8.37. The van der Waals surface area contributed by atoms with E-state index in [1.807, 2.05) is 20.8 Å². The number of halogens is 3. The highest BCUT2D eigenvalue weighted by atomic mass is 19.4. The van der Waals surface area contributed by atoms with E-state index in [1.54, 1.807) is 4.90 Å². The Labute approximate surface area is 157 Å². The van der Waals surface area contributed by atoms with Crippen LogP contribution in [0.5, 0.6) is 5.75 Å². The van der Waals surface area contributed by atoms with Crippen LogP contribution >= 0.6 is 0 Å². The SMILES string of the molecule is CC(C)(C)OC(=O)N1CCC(COc2ccc(C(F)(F)F)cc2CN)CC1. The summed E-state index contributed by atoms with van der Waals surface area (Å²) >= 11 is 0. The topological polar surface area (TPSA) is 64.8 Å². The van der Waals surface area contributed by atoms with Gasteiger partial charge in [0.2, 0.25) is 0 Å². The number of amides is 1. The summed E-state index contributed by atoms with van der Waals surface area (Å²) in [6.45, 7) is 6.95. The summed E-state index contributed by atoms with van der Waals surface area (Å²) in [7, 11) is 0. The quantitative estimate of drug-likeness (QED) is 0.840. The third-order valence-corrected chi connectivity index (χ3v) is 4.35. The second-order valence-corrected chi connectivity index (χ2v) is 7.75. The molecule has 1 aliphatic heterocycles. The fourth-order valence-electron chi connectivity index (χ4n) is 2.87. The van der Waals surface area contributed by atoms with Gasteiger partial charge in [-0.05, 0) is 57.7 Å². The lowest BCUT2D eigenvalue weighted by Gasteiger charge is -2.33. The summed E-state index contributed by atoms with van der Waals surface area (Å²) in [5.74, 6) is 0.594. The number of hydrogen-bond donors (Lipinski definition) is 1. The van der Waals surface area contributed by atoms with Crippen LogP contribution in [0.2, 0.25) is 0 Å². The van der Waals surface area contributed by atoms with Crippen molar-refractivity contribution in [2.24, 2.45) is 11.7 Å². The predicted molar refractivity (Wildman–Crippen MR) is 95.4 cm³/mol. The van der Waals surface area contributed by atoms with Crippen molar-refractivity contribution < 1.29 is 27.4 Å². The van der Waals surface area contributed by atoms with Crippen molar-refractivity contribution in [2.75, 3.05) is 19.7 Å². The van der Waals surface area contributed by atoms with E-state index in [9.17, 15) is 18.0 Å². The average molecular weight is 388 g/mol. The monoisotopic (exact) mass is 388 g/mol. The molecule has 1 aromatic carbocycles. The molecule has 0 saturated carbocycles. The van der Waals surface area contributed by atoms with E-state index in [-0.39, 0.29) is 18.6 Å². The molecule has 2 N–H and O–H groups in total. The molecule has 27 heavy (non-hydrogen) atoms. The molecule has 1 fully saturated rings. The fraction of sp³-hybridized carbons (Fsp3) is 0.632. The van der Waals surface area contributed by atoms with Crippen molar-refractivity contribution in [1.29, 1.82) is 0 Å². The third-order valence-electron chi connectivity index (χ3n) is 4.35. The maximum atomic E-state index is 12.8. The van der Waals surface area contributed by atoms with E-state index in [2.05, 4.69) is 0 Å². The van der Waals surface area contributed by atoms with Crippen LogP contribution in [0.25, 0.3) is 0 Å². The molecule has 2 rings (SSSR count). The molecular weight excluding hydrogens is 361 g/mol. The molecule has 0 atom stereocenters. The minimum atomic E-state index is -4.41. The van der Waals surface area contributed by atoms with Crippen LogP contribution in [0.1, 0.15) is 44.7 Å². The number of piperidine rings is 1. The Morgan fingerprint density at radius 2 is 1.85 bits per heavy atom. The summed E-state index contributed by atoms with van der Waals surface area (Å²) < 4.78 is 49.5. The fourth-order valence-corrected chi connectivity index (χ4v) is 2.87. The molecule has 1 amide bonds. The Bertz CT molecular complexity index is 649. The van der Waals surface area contributed by atoms with Gasteiger partial charge in [-0.1, -0.05) is 0 Å². The highest BCUT2D eigenvalue weighted by Crippen LogP contribution is 2.33. The molecule has 0 radical (unpaired) electrons. The lowest BCUT2D eigenvalue weighted by molar-refractivity contribution is -0.137. The van der Waals surface area contributed by atoms with Gasteiger partial charge in [0.05, 0.1) is 12.2 Å². The van der Waals surface area contributed by atoms with Crippen LogP contribution in [0, 0.1) is 5.92 Å². The summed E-state index contributed by atoms with van der Waals surface area (Å²) in [6.07, 6.45) is -3.23. The van der Waals surface area contributed by atoms with Crippen molar-refractivity contribution in [1.82, 2.24) is 4.90 Å². The average Bonchev–Trinajstić information content (AvgIpc) is 2.58. The van der Waals surface area contributed by atoms with E-state index in [4.69, 9.17) is 15.2 Å². The van der Waals surface area contributed by atoms with Gasteiger partial charge >= 0.3 is 12.3 Å². The Morgan fingerprint density at radius 1 is 1.22 bits per heavy atom. The van der Waals surface area contributed by atoms with Gasteiger partial charge in [-0.15, -0.1) is 0 Å². The smallest absolute Gasteiger partial charge is 0.416 e. The summed E-state index contributed by atoms with van der Waals surface area (Å²) in [6, 6.07) is 3.35. The van der Waals surface area contributed by atoms with Gasteiger partial charge < -0.3 is 20.1 Å². The summed E-state index contributed by atoms with van der Waals surface area (Å²) in [4.78, 5) is 13.7. The van der Waals surface area contributed by atoms with Crippen molar-refractivity contribution in [3.63, 3.8) is 0 Å². The standard InChI is InChI=1S/C19H27F3N2O3/c1-18(2,3)27-17(25)24-8-6-13(7-9-24)12-26-16-5-4-15(19(20,21)22)10-14(16)11-23/h4-5,10,13H,6-9,11-12,23H2,1-3H3. The van der Waals surface area contributed by atoms with Crippen LogP contribution < -0.4 is 10.5 Å². The van der Waals surface area contributed by atoms with Gasteiger partial charge in [-0.25, -0.2) is 4.79 Å². The van der Waals surface area contributed by atoms with Crippen LogP contribution in [0.15, 0.2) is 18.2 Å². The zero-order chi connectivity index (χ0) is 20.2. The third kappa shape index (κ3) is 6.30. The van der Waals surface area contributed by atoms with Gasteiger partial charge in [0.25, 0.3) is 0 Å². The molecular formula is C19H27F3N2O3. The molecule has 8 heteroatoms. The summed E-state index contributed by atoms with van der Waals surface area (Å²) in [5.41, 5.74) is 4.63. The van der Waals surface area contributed by atoms with Gasteiger partial charge in [-0.2, -0.15) is 13.2 Å². The van der Waals surface area contributed by atoms with E-state index < -0.39 is 17.3 Å². The maximum Gasteiger partial charge on any atom is 0.416 e. The first-order valence-corrected chi connectivity index (χ1v) is 9.00. The number of nitrogens with two attached hydrogens (primary N) is 1. The van der Waals surface area contributed by atoms with Crippen LogP contribution in [0.4, 0.5) is 18.0 Å². The summed E-state index contributed by atoms with van der Waals surface area (Å²) in [5, 5.41) is 0. The Hall–Kier alpha value is -1.96. The molecule has 152 valence electrons. The zero-order valence-corrected chi connectivity index (χ0v) is 15.9. The van der Waals surface area contributed by atoms with Crippen molar-refractivity contribution in [2.45, 2.75) is 51.9 Å². The number of ether oxygens (including phenoxy) is 2. The molecule has 1 heterocycles. The van der Waals surface area contributed by atoms with E-state index in [0.717, 1.165) is 25.0 Å². The normalized spacial score (nSPS) is 16.3. The number of nitrogens with zero attached hydrogens (tertiary/aromatic N) is 1. The number of benzene rings is 1. The number of likely N-dealkylation sites (tertiary alicyclic amines) is 1. The second-order valence-electron chi connectivity index (χ2n) is 7.75. The van der Waals surface area contributed by atoms with Crippen molar-refractivity contribution in [3.8, 4) is 5.75 Å². The van der Waals surface area contributed by atoms with Crippen molar-refractivity contribution >= 4 is 6.09 Å². The molecule has 1 aromatic rings. The first kappa shape index (κ1) is 21.3. The molecule has 0 spiro atoms. The van der Waals surface area contributed by atoms with Gasteiger partial charge in [0.15, 0.2) is 0 Å². The number of rotatable bonds is 4. The van der Waals surface area contributed by atoms with Gasteiger partial charge in [-0.3, -0.25) is 0 Å². The molecule has 1 saturated heterocycles. The van der Waals surface area contributed by atoms with Crippen LogP contribution in [0.3, 0.4) is 0 Å². The number of hydrogen-bond acceptors (Lipinski definition) is 4. The Morgan fingerprint density at radius 3 is 2.37 bits per heavy atom. The minimum Gasteiger partial charge on any atom is -0.493 e. The molecule has 0 aliphatic carbocycles. The number of carbonyl (C=O) groups is 1. The Kier molecular flexibility index (Phi) is 6.62. The van der Waals surface area contributed by atoms with Crippen molar-refractivity contribution in [3.05, 3.63) is 29.3 Å². The first-order valence-electron chi connectivity index (χ1n) is 9.00. The van der Waals surface area contributed by atoms with E-state index in [0.29, 0.717) is 31.0 Å². The van der Waals surface area contributed by atoms with Gasteiger partial charge in [0.1, 0.15) is 11.4 Å². The first-order chi connectivity index (χ1) is 12.5. The lowest BCUT2D eigenvalue weighted by atomic mass is 9.98. The van der Waals surface area contributed by atoms with E-state index in [1.165, 1.54) is 6.07 Å². The highest BCUT2D eigenvalue weighted by Gasteiger charge is 2.31. The molecule has 0 bridgehead atoms. The molecule has 0 aromatic heterocycles. The van der Waals surface area contributed by atoms with Crippen LogP contribution in [-0.4, -0.2) is 36.3 Å². The maximum absolute atomic E-state index is 12.8. The molecule has 0 unspecified atom stereocenters. The highest BCUT2D eigenvalue weighted by molar-refractivity contribution is 5.68.